The summed E-state index contributed by atoms with van der Waals surface area (Å²) in [5.74, 6) is 0.581. The number of methoxy groups -OCH3 is 1. The van der Waals surface area contributed by atoms with E-state index in [4.69, 9.17) is 4.74 Å². The Kier molecular flexibility index (Phi) is 6.36. The minimum atomic E-state index is -0.436. The lowest BCUT2D eigenvalue weighted by Crippen LogP contribution is -2.29. The fraction of sp³-hybridized carbons (Fsp3) is 0.227. The molecule has 0 aliphatic heterocycles. The molecular formula is C22H24N4O4. The van der Waals surface area contributed by atoms with Crippen molar-refractivity contribution in [2.24, 2.45) is 0 Å². The third kappa shape index (κ3) is 4.43. The fourth-order valence-corrected chi connectivity index (χ4v) is 3.37. The molecule has 0 bridgehead atoms. The van der Waals surface area contributed by atoms with E-state index in [1.807, 2.05) is 48.7 Å². The van der Waals surface area contributed by atoms with Gasteiger partial charge in [0.15, 0.2) is 0 Å². The van der Waals surface area contributed by atoms with Gasteiger partial charge in [0.25, 0.3) is 11.6 Å². The lowest BCUT2D eigenvalue weighted by Gasteiger charge is -2.11. The molecule has 0 spiro atoms. The van der Waals surface area contributed by atoms with Crippen LogP contribution in [0.2, 0.25) is 0 Å². The summed E-state index contributed by atoms with van der Waals surface area (Å²) < 4.78 is 7.21. The average molecular weight is 408 g/mol. The van der Waals surface area contributed by atoms with Crippen LogP contribution in [0.5, 0.6) is 5.75 Å². The largest absolute Gasteiger partial charge is 0.497 e. The molecule has 30 heavy (non-hydrogen) atoms. The van der Waals surface area contributed by atoms with Gasteiger partial charge in [0.1, 0.15) is 11.4 Å². The third-order valence-corrected chi connectivity index (χ3v) is 4.83. The molecule has 2 N–H and O–H groups in total. The number of rotatable bonds is 8. The summed E-state index contributed by atoms with van der Waals surface area (Å²) in [7, 11) is 1.62. The second kappa shape index (κ2) is 9.13. The van der Waals surface area contributed by atoms with Gasteiger partial charge >= 0.3 is 0 Å². The highest BCUT2D eigenvalue weighted by atomic mass is 16.6. The summed E-state index contributed by atoms with van der Waals surface area (Å²) in [5.41, 5.74) is 3.75. The Morgan fingerprint density at radius 3 is 2.47 bits per heavy atom. The number of nitrogens with zero attached hydrogens (tertiary/aromatic N) is 2. The molecule has 0 radical (unpaired) electrons. The zero-order chi connectivity index (χ0) is 21.7. The van der Waals surface area contributed by atoms with E-state index in [1.165, 1.54) is 6.07 Å². The lowest BCUT2D eigenvalue weighted by molar-refractivity contribution is -0.384. The number of carbonyl (C=O) groups excluding carboxylic acids is 1. The summed E-state index contributed by atoms with van der Waals surface area (Å²) in [6.07, 6.45) is 0. The van der Waals surface area contributed by atoms with Crippen molar-refractivity contribution in [3.05, 3.63) is 81.7 Å². The highest BCUT2D eigenvalue weighted by Crippen LogP contribution is 2.24. The van der Waals surface area contributed by atoms with Crippen LogP contribution in [0.15, 0.2) is 54.6 Å². The number of benzene rings is 2. The van der Waals surface area contributed by atoms with Gasteiger partial charge in [-0.3, -0.25) is 14.9 Å². The van der Waals surface area contributed by atoms with Crippen molar-refractivity contribution in [3.8, 4) is 11.4 Å². The van der Waals surface area contributed by atoms with E-state index in [-0.39, 0.29) is 11.6 Å². The van der Waals surface area contributed by atoms with E-state index in [0.717, 1.165) is 22.8 Å². The van der Waals surface area contributed by atoms with Gasteiger partial charge in [0, 0.05) is 36.2 Å². The fourth-order valence-electron chi connectivity index (χ4n) is 3.37. The number of aryl methyl sites for hydroxylation is 1. The van der Waals surface area contributed by atoms with Crippen molar-refractivity contribution in [1.82, 2.24) is 9.88 Å². The Morgan fingerprint density at radius 2 is 1.80 bits per heavy atom. The molecule has 1 aromatic heterocycles. The minimum absolute atomic E-state index is 0.00636. The van der Waals surface area contributed by atoms with Crippen LogP contribution in [-0.2, 0) is 0 Å². The summed E-state index contributed by atoms with van der Waals surface area (Å²) in [6, 6.07) is 15.9. The Balaban J connectivity index is 1.64. The SMILES string of the molecule is COc1ccc(-n2c(C)cc(C(=O)NCCNc3ccccc3[N+](=O)[O-])c2C)cc1. The number of carbonyl (C=O) groups is 1. The zero-order valence-corrected chi connectivity index (χ0v) is 17.1. The predicted molar refractivity (Wildman–Crippen MR) is 116 cm³/mol. The molecule has 1 amide bonds. The summed E-state index contributed by atoms with van der Waals surface area (Å²) >= 11 is 0. The summed E-state index contributed by atoms with van der Waals surface area (Å²) in [5, 5.41) is 16.9. The second-order valence-electron chi connectivity index (χ2n) is 6.78. The predicted octanol–water partition coefficient (Wildman–Crippen LogP) is 3.85. The van der Waals surface area contributed by atoms with Crippen LogP contribution in [0, 0.1) is 24.0 Å². The maximum absolute atomic E-state index is 12.7. The van der Waals surface area contributed by atoms with E-state index in [1.54, 1.807) is 25.3 Å². The van der Waals surface area contributed by atoms with Crippen molar-refractivity contribution in [3.63, 3.8) is 0 Å². The molecule has 0 unspecified atom stereocenters. The van der Waals surface area contributed by atoms with E-state index in [9.17, 15) is 14.9 Å². The normalized spacial score (nSPS) is 10.5. The molecule has 3 rings (SSSR count). The standard InChI is InChI=1S/C22H24N4O4/c1-15-14-19(16(2)25(15)17-8-10-18(30-3)11-9-17)22(27)24-13-12-23-20-6-4-5-7-21(20)26(28)29/h4-11,14,23H,12-13H2,1-3H3,(H,24,27). The number of nitro benzene ring substituents is 1. The number of anilines is 1. The van der Waals surface area contributed by atoms with Gasteiger partial charge in [-0.15, -0.1) is 0 Å². The van der Waals surface area contributed by atoms with Crippen LogP contribution in [0.3, 0.4) is 0 Å². The molecule has 156 valence electrons. The van der Waals surface area contributed by atoms with Crippen LogP contribution in [0.1, 0.15) is 21.7 Å². The Morgan fingerprint density at radius 1 is 1.10 bits per heavy atom. The summed E-state index contributed by atoms with van der Waals surface area (Å²) in [4.78, 5) is 23.3. The number of amides is 1. The van der Waals surface area contributed by atoms with Crippen molar-refractivity contribution in [2.75, 3.05) is 25.5 Å². The van der Waals surface area contributed by atoms with Gasteiger partial charge < -0.3 is 19.9 Å². The van der Waals surface area contributed by atoms with E-state index in [2.05, 4.69) is 10.6 Å². The van der Waals surface area contributed by atoms with E-state index in [0.29, 0.717) is 24.3 Å². The lowest BCUT2D eigenvalue weighted by atomic mass is 10.2. The van der Waals surface area contributed by atoms with Gasteiger partial charge in [0.05, 0.1) is 17.6 Å². The van der Waals surface area contributed by atoms with Crippen LogP contribution < -0.4 is 15.4 Å². The van der Waals surface area contributed by atoms with E-state index < -0.39 is 4.92 Å². The van der Waals surface area contributed by atoms with Gasteiger partial charge in [-0.2, -0.15) is 0 Å². The molecule has 0 atom stereocenters. The van der Waals surface area contributed by atoms with Gasteiger partial charge in [-0.05, 0) is 50.2 Å². The number of ether oxygens (including phenoxy) is 1. The number of aromatic nitrogens is 1. The first-order chi connectivity index (χ1) is 14.4. The van der Waals surface area contributed by atoms with Crippen LogP contribution >= 0.6 is 0 Å². The van der Waals surface area contributed by atoms with Crippen molar-refractivity contribution in [2.45, 2.75) is 13.8 Å². The molecule has 3 aromatic rings. The molecule has 8 nitrogen and oxygen atoms in total. The van der Waals surface area contributed by atoms with E-state index >= 15 is 0 Å². The van der Waals surface area contributed by atoms with Crippen LogP contribution in [-0.4, -0.2) is 35.6 Å². The number of hydrogen-bond donors (Lipinski definition) is 2. The first-order valence-corrected chi connectivity index (χ1v) is 9.51. The molecule has 0 saturated carbocycles. The van der Waals surface area contributed by atoms with Gasteiger partial charge in [-0.1, -0.05) is 12.1 Å². The Hall–Kier alpha value is -3.81. The molecule has 1 heterocycles. The second-order valence-corrected chi connectivity index (χ2v) is 6.78. The maximum atomic E-state index is 12.7. The first-order valence-electron chi connectivity index (χ1n) is 9.51. The highest BCUT2D eigenvalue weighted by Gasteiger charge is 2.17. The molecule has 0 saturated heterocycles. The third-order valence-electron chi connectivity index (χ3n) is 4.83. The smallest absolute Gasteiger partial charge is 0.292 e. The molecule has 0 aliphatic rings. The van der Waals surface area contributed by atoms with Gasteiger partial charge in [-0.25, -0.2) is 0 Å². The zero-order valence-electron chi connectivity index (χ0n) is 17.1. The summed E-state index contributed by atoms with van der Waals surface area (Å²) in [6.45, 7) is 4.55. The van der Waals surface area contributed by atoms with Crippen molar-refractivity contribution >= 4 is 17.3 Å². The molecule has 0 fully saturated rings. The van der Waals surface area contributed by atoms with Crippen molar-refractivity contribution < 1.29 is 14.5 Å². The molecular weight excluding hydrogens is 384 g/mol. The average Bonchev–Trinajstić information content (AvgIpc) is 3.05. The van der Waals surface area contributed by atoms with Gasteiger partial charge in [0.2, 0.25) is 0 Å². The minimum Gasteiger partial charge on any atom is -0.497 e. The quantitative estimate of drug-likeness (QED) is 0.335. The van der Waals surface area contributed by atoms with Crippen molar-refractivity contribution in [1.29, 1.82) is 0 Å². The van der Waals surface area contributed by atoms with Crippen LogP contribution in [0.25, 0.3) is 5.69 Å². The molecule has 0 aliphatic carbocycles. The Labute approximate surface area is 174 Å². The number of nitrogens with one attached hydrogen (secondary N) is 2. The first kappa shape index (κ1) is 20.9. The molecule has 8 heteroatoms. The monoisotopic (exact) mass is 408 g/mol. The maximum Gasteiger partial charge on any atom is 0.292 e. The highest BCUT2D eigenvalue weighted by molar-refractivity contribution is 5.96. The topological polar surface area (TPSA) is 98.4 Å². The number of nitro groups is 1. The van der Waals surface area contributed by atoms with Crippen LogP contribution in [0.4, 0.5) is 11.4 Å². The number of para-hydroxylation sites is 2. The Bertz CT molecular complexity index is 1060. The molecule has 2 aromatic carbocycles. The number of hydrogen-bond acceptors (Lipinski definition) is 5.